The Bertz CT molecular complexity index is 1720. The lowest BCUT2D eigenvalue weighted by atomic mass is 9.92. The molecule has 0 radical (unpaired) electrons. The molecule has 3 N–H and O–H groups in total. The van der Waals surface area contributed by atoms with E-state index in [0.717, 1.165) is 63.7 Å². The van der Waals surface area contributed by atoms with E-state index < -0.39 is 11.5 Å². The minimum atomic E-state index is -0.512. The van der Waals surface area contributed by atoms with Gasteiger partial charge in [-0.05, 0) is 61.6 Å². The standard InChI is InChI=1S/C33H36ClN5O4/c1-19-17-28(38-32(43-4)25(19)18-35-27-12-5-6-14-29(27)40)23-11-7-10-22(30(23)34)21-9-8-13-26(20(21)2)37-31(41)24-15-16-36-39(3)33(24)42/h7-11,13,15-17,27,29,35,40H,5-6,12,14,18H2,1-4H3,(H,37,41)/t27?,29-/m0/s1. The van der Waals surface area contributed by atoms with E-state index in [1.165, 1.54) is 19.3 Å². The molecule has 1 aliphatic carbocycles. The number of aliphatic hydroxyl groups excluding tert-OH is 1. The highest BCUT2D eigenvalue weighted by atomic mass is 35.5. The first-order valence-electron chi connectivity index (χ1n) is 14.4. The normalized spacial score (nSPS) is 16.6. The van der Waals surface area contributed by atoms with Gasteiger partial charge in [-0.1, -0.05) is 54.8 Å². The molecule has 0 saturated heterocycles. The predicted molar refractivity (Wildman–Crippen MR) is 169 cm³/mol. The molecule has 2 aromatic carbocycles. The maximum atomic E-state index is 13.0. The number of aryl methyl sites for hydroxylation is 2. The molecule has 43 heavy (non-hydrogen) atoms. The summed E-state index contributed by atoms with van der Waals surface area (Å²) in [6.45, 7) is 4.46. The lowest BCUT2D eigenvalue weighted by Gasteiger charge is -2.29. The smallest absolute Gasteiger partial charge is 0.279 e. The van der Waals surface area contributed by atoms with Gasteiger partial charge >= 0.3 is 0 Å². The van der Waals surface area contributed by atoms with Gasteiger partial charge in [-0.15, -0.1) is 0 Å². The van der Waals surface area contributed by atoms with Crippen LogP contribution in [-0.2, 0) is 13.6 Å². The number of hydrogen-bond donors (Lipinski definition) is 3. The van der Waals surface area contributed by atoms with Crippen LogP contribution in [0.15, 0.2) is 59.5 Å². The van der Waals surface area contributed by atoms with Crippen molar-refractivity contribution in [2.75, 3.05) is 12.4 Å². The minimum Gasteiger partial charge on any atom is -0.481 e. The van der Waals surface area contributed by atoms with Crippen molar-refractivity contribution in [2.45, 2.75) is 58.2 Å². The summed E-state index contributed by atoms with van der Waals surface area (Å²) in [6.07, 6.45) is 5.01. The van der Waals surface area contributed by atoms with E-state index in [0.29, 0.717) is 28.8 Å². The Balaban J connectivity index is 1.44. The summed E-state index contributed by atoms with van der Waals surface area (Å²) in [5, 5.41) is 21.1. The van der Waals surface area contributed by atoms with Gasteiger partial charge in [0.15, 0.2) is 0 Å². The van der Waals surface area contributed by atoms with E-state index in [1.54, 1.807) is 13.2 Å². The fourth-order valence-corrected chi connectivity index (χ4v) is 5.97. The number of methoxy groups -OCH3 is 1. The quantitative estimate of drug-likeness (QED) is 0.246. The molecule has 10 heteroatoms. The first-order valence-corrected chi connectivity index (χ1v) is 14.8. The average Bonchev–Trinajstić information content (AvgIpc) is 2.99. The van der Waals surface area contributed by atoms with Crippen LogP contribution in [0.5, 0.6) is 5.88 Å². The maximum Gasteiger partial charge on any atom is 0.279 e. The summed E-state index contributed by atoms with van der Waals surface area (Å²) in [7, 11) is 3.10. The van der Waals surface area contributed by atoms with Gasteiger partial charge in [0.25, 0.3) is 11.5 Å². The Kier molecular flexibility index (Phi) is 9.25. The first kappa shape index (κ1) is 30.4. The highest BCUT2D eigenvalue weighted by molar-refractivity contribution is 6.36. The van der Waals surface area contributed by atoms with Crippen LogP contribution in [0.3, 0.4) is 0 Å². The third-order valence-corrected chi connectivity index (χ3v) is 8.58. The number of carbonyl (C=O) groups excluding carboxylic acids is 1. The summed E-state index contributed by atoms with van der Waals surface area (Å²) in [5.41, 5.74) is 5.89. The van der Waals surface area contributed by atoms with Crippen LogP contribution < -0.4 is 20.9 Å². The van der Waals surface area contributed by atoms with Gasteiger partial charge in [-0.2, -0.15) is 5.10 Å². The van der Waals surface area contributed by atoms with Gasteiger partial charge in [0.2, 0.25) is 5.88 Å². The van der Waals surface area contributed by atoms with Crippen molar-refractivity contribution in [1.29, 1.82) is 0 Å². The molecule has 1 fully saturated rings. The number of hydrogen-bond acceptors (Lipinski definition) is 7. The molecule has 1 amide bonds. The Labute approximate surface area is 255 Å². The minimum absolute atomic E-state index is 0.00582. The van der Waals surface area contributed by atoms with Crippen LogP contribution in [0.1, 0.15) is 52.7 Å². The third-order valence-electron chi connectivity index (χ3n) is 8.17. The van der Waals surface area contributed by atoms with Gasteiger partial charge in [-0.25, -0.2) is 9.67 Å². The predicted octanol–water partition coefficient (Wildman–Crippen LogP) is 5.43. The fourth-order valence-electron chi connectivity index (χ4n) is 5.64. The van der Waals surface area contributed by atoms with Crippen LogP contribution in [0, 0.1) is 13.8 Å². The summed E-state index contributed by atoms with van der Waals surface area (Å²) in [5.74, 6) is -0.000132. The second-order valence-corrected chi connectivity index (χ2v) is 11.3. The Morgan fingerprint density at radius 2 is 1.81 bits per heavy atom. The molecule has 0 bridgehead atoms. The van der Waals surface area contributed by atoms with Crippen LogP contribution in [0.25, 0.3) is 22.4 Å². The molecule has 4 aromatic rings. The van der Waals surface area contributed by atoms with E-state index >= 15 is 0 Å². The Morgan fingerprint density at radius 1 is 1.09 bits per heavy atom. The molecule has 1 unspecified atom stereocenters. The summed E-state index contributed by atoms with van der Waals surface area (Å²) >= 11 is 7.05. The Morgan fingerprint density at radius 3 is 2.58 bits per heavy atom. The number of nitrogens with zero attached hydrogens (tertiary/aromatic N) is 3. The van der Waals surface area contributed by atoms with Crippen LogP contribution >= 0.6 is 11.6 Å². The molecule has 2 heterocycles. The fraction of sp³-hybridized carbons (Fsp3) is 0.333. The number of halogens is 1. The molecule has 1 aliphatic rings. The van der Waals surface area contributed by atoms with Gasteiger partial charge in [0, 0.05) is 48.2 Å². The molecule has 5 rings (SSSR count). The summed E-state index contributed by atoms with van der Waals surface area (Å²) in [4.78, 5) is 30.2. The topological polar surface area (TPSA) is 118 Å². The van der Waals surface area contributed by atoms with E-state index in [4.69, 9.17) is 21.3 Å². The highest BCUT2D eigenvalue weighted by Crippen LogP contribution is 2.40. The van der Waals surface area contributed by atoms with Gasteiger partial charge in [-0.3, -0.25) is 9.59 Å². The number of pyridine rings is 1. The number of aliphatic hydroxyl groups is 1. The number of rotatable bonds is 8. The molecule has 9 nitrogen and oxygen atoms in total. The van der Waals surface area contributed by atoms with E-state index in [1.807, 2.05) is 50.2 Å². The SMILES string of the molecule is COc1nc(-c2cccc(-c3cccc(NC(=O)c4ccnn(C)c4=O)c3C)c2Cl)cc(C)c1CNC1CCCC[C@@H]1O. The van der Waals surface area contributed by atoms with Crippen molar-refractivity contribution in [2.24, 2.45) is 7.05 Å². The molecule has 0 spiro atoms. The van der Waals surface area contributed by atoms with Crippen LogP contribution in [0.2, 0.25) is 5.02 Å². The monoisotopic (exact) mass is 601 g/mol. The molecule has 2 atom stereocenters. The van der Waals surface area contributed by atoms with Crippen molar-refractivity contribution < 1.29 is 14.6 Å². The molecule has 224 valence electrons. The van der Waals surface area contributed by atoms with Crippen LogP contribution in [0.4, 0.5) is 5.69 Å². The van der Waals surface area contributed by atoms with E-state index in [-0.39, 0.29) is 17.7 Å². The molecular formula is C33H36ClN5O4. The molecule has 1 saturated carbocycles. The van der Waals surface area contributed by atoms with Crippen molar-refractivity contribution in [3.05, 3.63) is 92.4 Å². The van der Waals surface area contributed by atoms with Crippen molar-refractivity contribution >= 4 is 23.2 Å². The Hall–Kier alpha value is -4.05. The second-order valence-electron chi connectivity index (χ2n) is 10.9. The van der Waals surface area contributed by atoms with Crippen molar-refractivity contribution in [3.63, 3.8) is 0 Å². The number of amides is 1. The number of nitrogens with one attached hydrogen (secondary N) is 2. The number of anilines is 1. The molecule has 0 aliphatic heterocycles. The number of carbonyl (C=O) groups is 1. The zero-order valence-corrected chi connectivity index (χ0v) is 25.5. The van der Waals surface area contributed by atoms with Crippen LogP contribution in [-0.4, -0.2) is 45.0 Å². The zero-order chi connectivity index (χ0) is 30.7. The van der Waals surface area contributed by atoms with Crippen molar-refractivity contribution in [1.82, 2.24) is 20.1 Å². The zero-order valence-electron chi connectivity index (χ0n) is 24.8. The lowest BCUT2D eigenvalue weighted by molar-refractivity contribution is 0.0901. The van der Waals surface area contributed by atoms with E-state index in [2.05, 4.69) is 15.7 Å². The maximum absolute atomic E-state index is 13.0. The average molecular weight is 602 g/mol. The molecular weight excluding hydrogens is 566 g/mol. The number of aromatic nitrogens is 3. The largest absolute Gasteiger partial charge is 0.481 e. The number of ether oxygens (including phenoxy) is 1. The third kappa shape index (κ3) is 6.34. The van der Waals surface area contributed by atoms with Crippen molar-refractivity contribution in [3.8, 4) is 28.3 Å². The highest BCUT2D eigenvalue weighted by Gasteiger charge is 2.24. The summed E-state index contributed by atoms with van der Waals surface area (Å²) < 4.78 is 6.83. The van der Waals surface area contributed by atoms with Gasteiger partial charge in [0.05, 0.1) is 23.9 Å². The second kappa shape index (κ2) is 13.1. The summed E-state index contributed by atoms with van der Waals surface area (Å²) in [6, 6.07) is 14.8. The van der Waals surface area contributed by atoms with E-state index in [9.17, 15) is 14.7 Å². The number of benzene rings is 2. The van der Waals surface area contributed by atoms with Gasteiger partial charge in [0.1, 0.15) is 5.56 Å². The lowest BCUT2D eigenvalue weighted by Crippen LogP contribution is -2.41. The van der Waals surface area contributed by atoms with Gasteiger partial charge < -0.3 is 20.5 Å². The molecule has 2 aromatic heterocycles. The first-order chi connectivity index (χ1) is 20.7.